The molecule has 0 N–H and O–H groups in total. The van der Waals surface area contributed by atoms with Gasteiger partial charge in [-0.05, 0) is 80.3 Å². The topological polar surface area (TPSA) is 25.8 Å². The van der Waals surface area contributed by atoms with Crippen molar-refractivity contribution in [2.75, 3.05) is 0 Å². The molecule has 0 saturated carbocycles. The smallest absolute Gasteiger partial charge is 0.0798 e. The minimum Gasteiger partial charge on any atom is -0.305 e. The summed E-state index contributed by atoms with van der Waals surface area (Å²) in [6.07, 6.45) is 5.23. The number of fused-ring (bicyclic) bond motifs is 3. The molecule has 8 rings (SSSR count). The van der Waals surface area contributed by atoms with Crippen molar-refractivity contribution in [1.82, 2.24) is 9.97 Å². The van der Waals surface area contributed by atoms with Crippen molar-refractivity contribution in [3.05, 3.63) is 163 Å². The van der Waals surface area contributed by atoms with E-state index in [-0.39, 0.29) is 20.1 Å². The molecule has 53 heavy (non-hydrogen) atoms. The van der Waals surface area contributed by atoms with Gasteiger partial charge in [-0.1, -0.05) is 123 Å². The summed E-state index contributed by atoms with van der Waals surface area (Å²) in [4.78, 5) is 9.53. The first-order valence-electron chi connectivity index (χ1n) is 18.1. The van der Waals surface area contributed by atoms with Crippen LogP contribution in [0.1, 0.15) is 25.0 Å². The van der Waals surface area contributed by atoms with Gasteiger partial charge in [0, 0.05) is 42.8 Å². The molecule has 0 aliphatic rings. The van der Waals surface area contributed by atoms with Crippen LogP contribution in [-0.4, -0.2) is 18.0 Å². The van der Waals surface area contributed by atoms with Gasteiger partial charge in [0.2, 0.25) is 0 Å². The Bertz CT molecular complexity index is 2450. The van der Waals surface area contributed by atoms with Crippen LogP contribution in [0.15, 0.2) is 140 Å². The Kier molecular flexibility index (Phi) is 12.0. The van der Waals surface area contributed by atoms with E-state index in [1.54, 1.807) is 0 Å². The van der Waals surface area contributed by atoms with E-state index in [4.69, 9.17) is 4.98 Å². The number of aromatic nitrogens is 2. The molecule has 2 nitrogen and oxygen atoms in total. The van der Waals surface area contributed by atoms with E-state index in [0.29, 0.717) is 5.92 Å². The number of nitrogens with zero attached hydrogens (tertiary/aromatic N) is 2. The zero-order valence-corrected chi connectivity index (χ0v) is 35.4. The Morgan fingerprint density at radius 3 is 2.02 bits per heavy atom. The second-order valence-electron chi connectivity index (χ2n) is 14.9. The van der Waals surface area contributed by atoms with Crippen LogP contribution in [0.5, 0.6) is 0 Å². The van der Waals surface area contributed by atoms with E-state index in [1.807, 2.05) is 47.9 Å². The zero-order chi connectivity index (χ0) is 36.2. The number of hydrogen-bond donors (Lipinski definition) is 0. The molecule has 5 aromatic carbocycles. The number of thiophene rings is 1. The Morgan fingerprint density at radius 1 is 0.660 bits per heavy atom. The van der Waals surface area contributed by atoms with Gasteiger partial charge in [0.25, 0.3) is 0 Å². The van der Waals surface area contributed by atoms with Crippen molar-refractivity contribution in [1.29, 1.82) is 0 Å². The monoisotopic (exact) mass is 901 g/mol. The predicted molar refractivity (Wildman–Crippen MR) is 227 cm³/mol. The Hall–Kier alpha value is -4.51. The molecule has 0 spiro atoms. The number of hydrogen-bond acceptors (Lipinski definition) is 3. The SMILES string of the molecule is CC(C)Cc1cc(-c2[c-]cccc2)ncc1[Si](C)(C)C.Cc1cc(-c2[c-]ccc3c2sc2ccc(-c4ccccc4)cc23)ncc1-c1ccccc1.[Ir]. The van der Waals surface area contributed by atoms with Crippen LogP contribution in [0.4, 0.5) is 0 Å². The molecule has 0 unspecified atom stereocenters. The van der Waals surface area contributed by atoms with E-state index < -0.39 is 8.07 Å². The van der Waals surface area contributed by atoms with E-state index in [9.17, 15) is 0 Å². The Balaban J connectivity index is 0.000000199. The first-order valence-corrected chi connectivity index (χ1v) is 22.4. The molecular formula is C48H44IrN2SSi-2. The van der Waals surface area contributed by atoms with Crippen LogP contribution in [0.2, 0.25) is 19.6 Å². The molecule has 267 valence electrons. The summed E-state index contributed by atoms with van der Waals surface area (Å²) in [5.74, 6) is 0.667. The van der Waals surface area contributed by atoms with Crippen molar-refractivity contribution in [3.63, 3.8) is 0 Å². The van der Waals surface area contributed by atoms with Crippen molar-refractivity contribution in [3.8, 4) is 44.8 Å². The van der Waals surface area contributed by atoms with Crippen LogP contribution >= 0.6 is 11.3 Å². The van der Waals surface area contributed by atoms with E-state index >= 15 is 0 Å². The van der Waals surface area contributed by atoms with Crippen LogP contribution in [0, 0.1) is 25.0 Å². The maximum atomic E-state index is 4.85. The van der Waals surface area contributed by atoms with Gasteiger partial charge in [0.1, 0.15) is 0 Å². The van der Waals surface area contributed by atoms with Crippen LogP contribution in [0.25, 0.3) is 64.9 Å². The molecule has 0 saturated heterocycles. The fraction of sp³-hybridized carbons (Fsp3) is 0.167. The summed E-state index contributed by atoms with van der Waals surface area (Å²) in [6.45, 7) is 13.9. The van der Waals surface area contributed by atoms with Gasteiger partial charge in [0.15, 0.2) is 0 Å². The minimum absolute atomic E-state index is 0. The normalized spacial score (nSPS) is 11.3. The predicted octanol–water partition coefficient (Wildman–Crippen LogP) is 12.8. The second-order valence-corrected chi connectivity index (χ2v) is 21.0. The molecule has 0 bridgehead atoms. The van der Waals surface area contributed by atoms with Crippen molar-refractivity contribution >= 4 is 44.8 Å². The maximum absolute atomic E-state index is 4.85. The molecule has 8 aromatic rings. The fourth-order valence-electron chi connectivity index (χ4n) is 6.84. The van der Waals surface area contributed by atoms with Gasteiger partial charge < -0.3 is 9.97 Å². The summed E-state index contributed by atoms with van der Waals surface area (Å²) in [7, 11) is -1.34. The molecular weight excluding hydrogens is 857 g/mol. The van der Waals surface area contributed by atoms with Crippen molar-refractivity contribution < 1.29 is 20.1 Å². The number of benzene rings is 5. The molecule has 0 atom stereocenters. The third-order valence-electron chi connectivity index (χ3n) is 9.40. The van der Waals surface area contributed by atoms with E-state index in [1.165, 1.54) is 58.7 Å². The summed E-state index contributed by atoms with van der Waals surface area (Å²) in [6, 6.07) is 51.2. The molecule has 0 aliphatic carbocycles. The van der Waals surface area contributed by atoms with Gasteiger partial charge in [-0.25, -0.2) is 0 Å². The summed E-state index contributed by atoms with van der Waals surface area (Å²) in [5.41, 5.74) is 11.7. The van der Waals surface area contributed by atoms with Crippen LogP contribution in [0.3, 0.4) is 0 Å². The van der Waals surface area contributed by atoms with Gasteiger partial charge in [-0.2, -0.15) is 11.3 Å². The molecule has 0 aliphatic heterocycles. The first kappa shape index (κ1) is 38.2. The molecule has 5 heteroatoms. The number of pyridine rings is 2. The van der Waals surface area contributed by atoms with Crippen molar-refractivity contribution in [2.24, 2.45) is 5.92 Å². The fourth-order valence-corrected chi connectivity index (χ4v) is 9.61. The Morgan fingerprint density at radius 2 is 1.36 bits per heavy atom. The average molecular weight is 901 g/mol. The standard InChI is InChI=1S/C30H20NS.C18H24NSi.Ir/c1-20-17-28(31-19-27(20)22-11-6-3-7-12-22)25-14-8-13-24-26-18-23(21-9-4-2-5-10-21)15-16-29(26)32-30(24)25;1-14(2)11-16-12-17(15-9-7-6-8-10-15)19-13-18(16)20(3,4)5;/h2-13,15-19H,1H3;6-9,12-14H,11H2,1-5H3;/q2*-1;. The van der Waals surface area contributed by atoms with Gasteiger partial charge in [-0.3, -0.25) is 0 Å². The summed E-state index contributed by atoms with van der Waals surface area (Å²) >= 11 is 1.82. The quantitative estimate of drug-likeness (QED) is 0.118. The number of aryl methyl sites for hydroxylation is 1. The van der Waals surface area contributed by atoms with E-state index in [0.717, 1.165) is 28.9 Å². The Labute approximate surface area is 333 Å². The average Bonchev–Trinajstić information content (AvgIpc) is 3.54. The molecule has 0 fully saturated rings. The minimum atomic E-state index is -1.34. The van der Waals surface area contributed by atoms with Gasteiger partial charge in [-0.15, -0.1) is 59.7 Å². The largest absolute Gasteiger partial charge is 0.305 e. The third-order valence-corrected chi connectivity index (χ3v) is 12.7. The third kappa shape index (κ3) is 8.66. The summed E-state index contributed by atoms with van der Waals surface area (Å²) in [5, 5.41) is 4.05. The van der Waals surface area contributed by atoms with Crippen LogP contribution in [-0.2, 0) is 26.5 Å². The van der Waals surface area contributed by atoms with Crippen molar-refractivity contribution in [2.45, 2.75) is 46.8 Å². The maximum Gasteiger partial charge on any atom is 0.0798 e. The van der Waals surface area contributed by atoms with E-state index in [2.05, 4.69) is 161 Å². The molecule has 3 heterocycles. The summed E-state index contributed by atoms with van der Waals surface area (Å²) < 4.78 is 2.53. The first-order chi connectivity index (χ1) is 25.2. The molecule has 1 radical (unpaired) electrons. The van der Waals surface area contributed by atoms with Gasteiger partial charge >= 0.3 is 0 Å². The molecule has 3 aromatic heterocycles. The van der Waals surface area contributed by atoms with Gasteiger partial charge in [0.05, 0.1) is 8.07 Å². The van der Waals surface area contributed by atoms with Crippen LogP contribution < -0.4 is 5.19 Å². The molecule has 0 amide bonds. The number of rotatable bonds is 7. The second kappa shape index (κ2) is 16.7. The zero-order valence-electron chi connectivity index (χ0n) is 31.2.